The van der Waals surface area contributed by atoms with Crippen molar-refractivity contribution in [1.29, 1.82) is 0 Å². The van der Waals surface area contributed by atoms with Gasteiger partial charge in [0.1, 0.15) is 0 Å². The molecule has 0 radical (unpaired) electrons. The second-order valence-corrected chi connectivity index (χ2v) is 11.5. The molecule has 0 bridgehead atoms. The number of Topliss-reactive ketones (excluding diaryl/α,β-unsaturated/α-hetero) is 1. The number of fused-ring (bicyclic) bond motifs is 5. The third-order valence-corrected chi connectivity index (χ3v) is 10.2. The molecule has 0 spiro atoms. The molecule has 3 saturated carbocycles. The van der Waals surface area contributed by atoms with Gasteiger partial charge in [0.25, 0.3) is 0 Å². The highest BCUT2D eigenvalue weighted by Gasteiger charge is 2.61. The number of hydrogen-bond acceptors (Lipinski definition) is 4. The molecule has 184 valence electrons. The number of carbonyl (C=O) groups excluding carboxylic acids is 1. The SMILES string of the molecule is C[C@]12CC[C@H]3[C@@H](CCC4=C(c5ccccc5-c5ccoc5)C(=O)CC[C@@H]43)[C@@H]1CC[C@@]2(O)/C=C/CO. The zero-order chi connectivity index (χ0) is 24.2. The molecule has 1 aromatic carbocycles. The Hall–Kier alpha value is -2.43. The first kappa shape index (κ1) is 23.0. The number of carbonyl (C=O) groups is 1. The van der Waals surface area contributed by atoms with E-state index in [9.17, 15) is 15.0 Å². The van der Waals surface area contributed by atoms with Gasteiger partial charge in [-0.1, -0.05) is 48.9 Å². The van der Waals surface area contributed by atoms with E-state index in [1.54, 1.807) is 18.6 Å². The molecule has 3 fully saturated rings. The molecule has 2 N–H and O–H groups in total. The molecule has 1 heterocycles. The summed E-state index contributed by atoms with van der Waals surface area (Å²) >= 11 is 0. The molecular formula is C31H36O4. The lowest BCUT2D eigenvalue weighted by molar-refractivity contribution is -0.115. The topological polar surface area (TPSA) is 70.7 Å². The van der Waals surface area contributed by atoms with Crippen LogP contribution in [-0.2, 0) is 4.79 Å². The molecule has 4 heteroatoms. The lowest BCUT2D eigenvalue weighted by atomic mass is 9.50. The summed E-state index contributed by atoms with van der Waals surface area (Å²) in [7, 11) is 0. The van der Waals surface area contributed by atoms with Crippen LogP contribution in [-0.4, -0.2) is 28.2 Å². The summed E-state index contributed by atoms with van der Waals surface area (Å²) in [5.41, 5.74) is 4.55. The highest BCUT2D eigenvalue weighted by atomic mass is 16.3. The van der Waals surface area contributed by atoms with Crippen molar-refractivity contribution in [3.63, 3.8) is 0 Å². The quantitative estimate of drug-likeness (QED) is 0.520. The average Bonchev–Trinajstić information content (AvgIpc) is 3.49. The zero-order valence-electron chi connectivity index (χ0n) is 20.6. The lowest BCUT2D eigenvalue weighted by Gasteiger charge is -2.55. The van der Waals surface area contributed by atoms with Crippen molar-refractivity contribution in [3.8, 4) is 11.1 Å². The van der Waals surface area contributed by atoms with Crippen molar-refractivity contribution in [1.82, 2.24) is 0 Å². The monoisotopic (exact) mass is 472 g/mol. The van der Waals surface area contributed by atoms with Gasteiger partial charge in [0.15, 0.2) is 5.78 Å². The van der Waals surface area contributed by atoms with Gasteiger partial charge in [-0.2, -0.15) is 0 Å². The fraction of sp³-hybridized carbons (Fsp3) is 0.516. The standard InChI is InChI=1S/C31H36O4/c1-30-15-11-23-22-9-10-28(33)29(25-6-3-2-5-21(25)20-13-18-35-19-20)26(22)8-7-24(23)27(30)12-16-31(30,34)14-4-17-32/h2-6,13-14,18-19,22-24,27,32,34H,7-12,15-17H2,1H3/b14-4+/t22-,23-,24-,27+,30+,31+/m1/s1. The third-order valence-electron chi connectivity index (χ3n) is 10.2. The second-order valence-electron chi connectivity index (χ2n) is 11.5. The van der Waals surface area contributed by atoms with Crippen molar-refractivity contribution in [2.75, 3.05) is 6.61 Å². The molecule has 0 saturated heterocycles. The summed E-state index contributed by atoms with van der Waals surface area (Å²) in [5.74, 6) is 2.43. The molecule has 1 aromatic heterocycles. The fourth-order valence-electron chi connectivity index (χ4n) is 8.55. The lowest BCUT2D eigenvalue weighted by Crippen LogP contribution is -2.52. The van der Waals surface area contributed by atoms with E-state index in [1.807, 2.05) is 24.3 Å². The molecule has 0 aliphatic heterocycles. The molecule has 6 atom stereocenters. The number of hydrogen-bond donors (Lipinski definition) is 2. The largest absolute Gasteiger partial charge is 0.472 e. The first-order valence-corrected chi connectivity index (χ1v) is 13.4. The van der Waals surface area contributed by atoms with E-state index in [2.05, 4.69) is 19.1 Å². The summed E-state index contributed by atoms with van der Waals surface area (Å²) in [5, 5.41) is 20.9. The molecular weight excluding hydrogens is 436 g/mol. The van der Waals surface area contributed by atoms with E-state index in [1.165, 1.54) is 5.57 Å². The Balaban J connectivity index is 1.37. The summed E-state index contributed by atoms with van der Waals surface area (Å²) < 4.78 is 5.37. The van der Waals surface area contributed by atoms with E-state index >= 15 is 0 Å². The van der Waals surface area contributed by atoms with Gasteiger partial charge < -0.3 is 14.6 Å². The summed E-state index contributed by atoms with van der Waals surface area (Å²) in [6.07, 6.45) is 14.7. The Labute approximate surface area is 207 Å². The van der Waals surface area contributed by atoms with Crippen molar-refractivity contribution in [2.24, 2.45) is 29.1 Å². The highest BCUT2D eigenvalue weighted by Crippen LogP contribution is 2.65. The van der Waals surface area contributed by atoms with Crippen molar-refractivity contribution >= 4 is 11.4 Å². The Morgan fingerprint density at radius 1 is 1.03 bits per heavy atom. The maximum atomic E-state index is 13.4. The van der Waals surface area contributed by atoms with Crippen LogP contribution in [0.3, 0.4) is 0 Å². The number of allylic oxidation sites excluding steroid dienone is 1. The number of rotatable bonds is 4. The van der Waals surface area contributed by atoms with Gasteiger partial charge in [0.05, 0.1) is 24.7 Å². The van der Waals surface area contributed by atoms with Gasteiger partial charge in [-0.05, 0) is 85.8 Å². The summed E-state index contributed by atoms with van der Waals surface area (Å²) in [6.45, 7) is 2.26. The Kier molecular flexibility index (Phi) is 5.65. The van der Waals surface area contributed by atoms with Crippen molar-refractivity contribution in [2.45, 2.75) is 63.9 Å². The minimum Gasteiger partial charge on any atom is -0.472 e. The summed E-state index contributed by atoms with van der Waals surface area (Å²) in [4.78, 5) is 13.4. The van der Waals surface area contributed by atoms with Crippen LogP contribution in [0.1, 0.15) is 63.9 Å². The molecule has 4 aliphatic rings. The summed E-state index contributed by atoms with van der Waals surface area (Å²) in [6, 6.07) is 10.3. The normalized spacial score (nSPS) is 36.8. The van der Waals surface area contributed by atoms with Crippen LogP contribution >= 0.6 is 0 Å². The maximum absolute atomic E-state index is 13.4. The van der Waals surface area contributed by atoms with Gasteiger partial charge >= 0.3 is 0 Å². The number of furan rings is 1. The minimum atomic E-state index is -0.821. The molecule has 35 heavy (non-hydrogen) atoms. The van der Waals surface area contributed by atoms with Gasteiger partial charge in [0, 0.05) is 23.0 Å². The molecule has 4 aliphatic carbocycles. The van der Waals surface area contributed by atoms with Crippen LogP contribution < -0.4 is 0 Å². The highest BCUT2D eigenvalue weighted by molar-refractivity contribution is 6.24. The third kappa shape index (κ3) is 3.44. The fourth-order valence-corrected chi connectivity index (χ4v) is 8.55. The average molecular weight is 473 g/mol. The van der Waals surface area contributed by atoms with Crippen molar-refractivity contribution < 1.29 is 19.4 Å². The minimum absolute atomic E-state index is 0.0254. The van der Waals surface area contributed by atoms with E-state index in [0.717, 1.165) is 67.2 Å². The van der Waals surface area contributed by atoms with Crippen LogP contribution in [0, 0.1) is 29.1 Å². The van der Waals surface area contributed by atoms with Crippen LogP contribution in [0.5, 0.6) is 0 Å². The van der Waals surface area contributed by atoms with E-state index < -0.39 is 5.60 Å². The van der Waals surface area contributed by atoms with E-state index in [-0.39, 0.29) is 17.8 Å². The first-order valence-electron chi connectivity index (χ1n) is 13.4. The number of ketones is 1. The first-order chi connectivity index (χ1) is 17.0. The molecule has 2 aromatic rings. The smallest absolute Gasteiger partial charge is 0.163 e. The Bertz CT molecular complexity index is 1170. The Morgan fingerprint density at radius 3 is 2.63 bits per heavy atom. The van der Waals surface area contributed by atoms with Gasteiger partial charge in [-0.15, -0.1) is 0 Å². The van der Waals surface area contributed by atoms with Crippen LogP contribution in [0.15, 0.2) is 65.0 Å². The predicted molar refractivity (Wildman–Crippen MR) is 136 cm³/mol. The molecule has 6 rings (SSSR count). The maximum Gasteiger partial charge on any atom is 0.163 e. The van der Waals surface area contributed by atoms with Gasteiger partial charge in [0.2, 0.25) is 0 Å². The number of benzene rings is 1. The van der Waals surface area contributed by atoms with Crippen LogP contribution in [0.4, 0.5) is 0 Å². The second kappa shape index (κ2) is 8.60. The number of aliphatic hydroxyl groups excluding tert-OH is 1. The zero-order valence-corrected chi connectivity index (χ0v) is 20.6. The molecule has 4 nitrogen and oxygen atoms in total. The number of aliphatic hydroxyl groups is 2. The van der Waals surface area contributed by atoms with Crippen LogP contribution in [0.25, 0.3) is 16.7 Å². The Morgan fingerprint density at radius 2 is 1.86 bits per heavy atom. The van der Waals surface area contributed by atoms with Crippen molar-refractivity contribution in [3.05, 3.63) is 66.1 Å². The van der Waals surface area contributed by atoms with E-state index in [0.29, 0.717) is 30.1 Å². The van der Waals surface area contributed by atoms with Gasteiger partial charge in [-0.25, -0.2) is 0 Å². The van der Waals surface area contributed by atoms with Gasteiger partial charge in [-0.3, -0.25) is 4.79 Å². The molecule has 0 amide bonds. The predicted octanol–water partition coefficient (Wildman–Crippen LogP) is 6.20. The molecule has 0 unspecified atom stereocenters. The van der Waals surface area contributed by atoms with Crippen LogP contribution in [0.2, 0.25) is 0 Å². The van der Waals surface area contributed by atoms with E-state index in [4.69, 9.17) is 4.42 Å².